The molecule has 0 saturated carbocycles. The first-order valence-corrected chi connectivity index (χ1v) is 6.01. The number of amides is 1. The van der Waals surface area contributed by atoms with Gasteiger partial charge in [0, 0.05) is 10.3 Å². The van der Waals surface area contributed by atoms with Gasteiger partial charge in [0.25, 0.3) is 5.91 Å². The maximum absolute atomic E-state index is 11.8. The van der Waals surface area contributed by atoms with Gasteiger partial charge in [0.05, 0.1) is 12.0 Å². The number of aryl methyl sites for hydroxylation is 1. The standard InChI is InChI=1S/C11H13NO5S/c1-5-6(2)18-4-7(5)10(15)12-8(11(16)17)3-9(13)14/h4,8H,3H2,1-2H3,(H,12,15)(H,13,14)(H,16,17). The Kier molecular flexibility index (Phi) is 4.43. The van der Waals surface area contributed by atoms with Crippen LogP contribution in [0.1, 0.15) is 27.2 Å². The molecule has 0 spiro atoms. The minimum Gasteiger partial charge on any atom is -0.481 e. The molecule has 1 aromatic heterocycles. The van der Waals surface area contributed by atoms with E-state index in [0.29, 0.717) is 5.56 Å². The van der Waals surface area contributed by atoms with Crippen LogP contribution in [0.4, 0.5) is 0 Å². The molecule has 1 atom stereocenters. The molecule has 0 fully saturated rings. The minimum absolute atomic E-state index is 0.383. The van der Waals surface area contributed by atoms with E-state index >= 15 is 0 Å². The highest BCUT2D eigenvalue weighted by Gasteiger charge is 2.24. The van der Waals surface area contributed by atoms with Crippen LogP contribution >= 0.6 is 11.3 Å². The summed E-state index contributed by atoms with van der Waals surface area (Å²) in [5.41, 5.74) is 1.16. The van der Waals surface area contributed by atoms with E-state index in [-0.39, 0.29) is 0 Å². The van der Waals surface area contributed by atoms with E-state index in [1.807, 2.05) is 6.92 Å². The predicted octanol–water partition coefficient (Wildman–Crippen LogP) is 1.02. The molecule has 1 amide bonds. The van der Waals surface area contributed by atoms with Gasteiger partial charge in [-0.15, -0.1) is 11.3 Å². The van der Waals surface area contributed by atoms with Crippen molar-refractivity contribution in [2.24, 2.45) is 0 Å². The van der Waals surface area contributed by atoms with E-state index in [2.05, 4.69) is 5.32 Å². The topological polar surface area (TPSA) is 104 Å². The summed E-state index contributed by atoms with van der Waals surface area (Å²) in [4.78, 5) is 34.1. The number of carboxylic acid groups (broad SMARTS) is 2. The molecule has 0 radical (unpaired) electrons. The number of hydrogen-bond acceptors (Lipinski definition) is 4. The van der Waals surface area contributed by atoms with E-state index in [1.54, 1.807) is 12.3 Å². The third-order valence-electron chi connectivity index (χ3n) is 2.51. The normalized spacial score (nSPS) is 11.9. The van der Waals surface area contributed by atoms with Crippen LogP contribution in [0.3, 0.4) is 0 Å². The van der Waals surface area contributed by atoms with E-state index in [4.69, 9.17) is 10.2 Å². The zero-order valence-corrected chi connectivity index (χ0v) is 10.7. The number of rotatable bonds is 5. The third-order valence-corrected chi connectivity index (χ3v) is 3.53. The number of carbonyl (C=O) groups excluding carboxylic acids is 1. The summed E-state index contributed by atoms with van der Waals surface area (Å²) < 4.78 is 0. The van der Waals surface area contributed by atoms with E-state index in [1.165, 1.54) is 11.3 Å². The van der Waals surface area contributed by atoms with Crippen molar-refractivity contribution in [1.29, 1.82) is 0 Å². The Morgan fingerprint density at radius 3 is 2.33 bits per heavy atom. The zero-order chi connectivity index (χ0) is 13.9. The number of hydrogen-bond donors (Lipinski definition) is 3. The maximum atomic E-state index is 11.8. The van der Waals surface area contributed by atoms with Crippen molar-refractivity contribution >= 4 is 29.2 Å². The molecule has 0 aromatic carbocycles. The van der Waals surface area contributed by atoms with Crippen LogP contribution in [-0.2, 0) is 9.59 Å². The molecule has 98 valence electrons. The van der Waals surface area contributed by atoms with Gasteiger partial charge in [0.15, 0.2) is 0 Å². The molecule has 1 heterocycles. The van der Waals surface area contributed by atoms with Crippen molar-refractivity contribution in [3.63, 3.8) is 0 Å². The molecule has 1 aromatic rings. The van der Waals surface area contributed by atoms with Gasteiger partial charge in [-0.3, -0.25) is 9.59 Å². The van der Waals surface area contributed by atoms with Crippen LogP contribution < -0.4 is 5.32 Å². The lowest BCUT2D eigenvalue weighted by atomic mass is 10.1. The number of thiophene rings is 1. The van der Waals surface area contributed by atoms with Crippen LogP contribution in [0.2, 0.25) is 0 Å². The first-order valence-electron chi connectivity index (χ1n) is 5.13. The summed E-state index contributed by atoms with van der Waals surface area (Å²) in [6.45, 7) is 3.61. The molecule has 0 bridgehead atoms. The molecular formula is C11H13NO5S. The van der Waals surface area contributed by atoms with Gasteiger partial charge in [-0.25, -0.2) is 4.79 Å². The van der Waals surface area contributed by atoms with Gasteiger partial charge in [0.2, 0.25) is 0 Å². The fourth-order valence-corrected chi connectivity index (χ4v) is 2.21. The summed E-state index contributed by atoms with van der Waals surface area (Å²) in [5.74, 6) is -3.21. The van der Waals surface area contributed by atoms with Crippen LogP contribution in [0.25, 0.3) is 0 Å². The second-order valence-corrected chi connectivity index (χ2v) is 4.88. The minimum atomic E-state index is -1.42. The number of aliphatic carboxylic acids is 2. The summed E-state index contributed by atoms with van der Waals surface area (Å²) >= 11 is 1.38. The molecule has 0 aliphatic rings. The second-order valence-electron chi connectivity index (χ2n) is 3.79. The molecule has 6 nitrogen and oxygen atoms in total. The summed E-state index contributed by atoms with van der Waals surface area (Å²) in [5, 5.41) is 21.2. The van der Waals surface area contributed by atoms with E-state index in [0.717, 1.165) is 10.4 Å². The van der Waals surface area contributed by atoms with Crippen LogP contribution in [0.5, 0.6) is 0 Å². The predicted molar refractivity (Wildman–Crippen MR) is 64.9 cm³/mol. The Hall–Kier alpha value is -1.89. The molecule has 18 heavy (non-hydrogen) atoms. The first-order chi connectivity index (χ1) is 8.32. The van der Waals surface area contributed by atoms with E-state index in [9.17, 15) is 14.4 Å². The molecule has 1 rings (SSSR count). The quantitative estimate of drug-likeness (QED) is 0.741. The van der Waals surface area contributed by atoms with Crippen LogP contribution in [-0.4, -0.2) is 34.1 Å². The highest BCUT2D eigenvalue weighted by molar-refractivity contribution is 7.10. The zero-order valence-electron chi connectivity index (χ0n) is 9.89. The molecule has 1 unspecified atom stereocenters. The highest BCUT2D eigenvalue weighted by atomic mass is 32.1. The molecular weight excluding hydrogens is 258 g/mol. The SMILES string of the molecule is Cc1scc(C(=O)NC(CC(=O)O)C(=O)O)c1C. The monoisotopic (exact) mass is 271 g/mol. The van der Waals surface area contributed by atoms with Crippen molar-refractivity contribution in [2.45, 2.75) is 26.3 Å². The van der Waals surface area contributed by atoms with Gasteiger partial charge in [-0.05, 0) is 19.4 Å². The van der Waals surface area contributed by atoms with Crippen molar-refractivity contribution < 1.29 is 24.6 Å². The molecule has 7 heteroatoms. The Balaban J connectivity index is 2.82. The van der Waals surface area contributed by atoms with Gasteiger partial charge in [-0.1, -0.05) is 0 Å². The maximum Gasteiger partial charge on any atom is 0.326 e. The summed E-state index contributed by atoms with van der Waals surface area (Å²) in [7, 11) is 0. The summed E-state index contributed by atoms with van der Waals surface area (Å²) in [6.07, 6.45) is -0.650. The fourth-order valence-electron chi connectivity index (χ4n) is 1.35. The van der Waals surface area contributed by atoms with Gasteiger partial charge >= 0.3 is 11.9 Å². The Labute approximate surface area is 107 Å². The molecule has 0 saturated heterocycles. The first kappa shape index (κ1) is 14.2. The number of nitrogens with one attached hydrogen (secondary N) is 1. The second kappa shape index (κ2) is 5.63. The Bertz CT molecular complexity index is 494. The van der Waals surface area contributed by atoms with Crippen molar-refractivity contribution in [3.05, 3.63) is 21.4 Å². The van der Waals surface area contributed by atoms with Gasteiger partial charge in [-0.2, -0.15) is 0 Å². The molecule has 0 aliphatic heterocycles. The molecule has 3 N–H and O–H groups in total. The largest absolute Gasteiger partial charge is 0.481 e. The highest BCUT2D eigenvalue weighted by Crippen LogP contribution is 2.20. The van der Waals surface area contributed by atoms with Crippen LogP contribution in [0.15, 0.2) is 5.38 Å². The average molecular weight is 271 g/mol. The fraction of sp³-hybridized carbons (Fsp3) is 0.364. The summed E-state index contributed by atoms with van der Waals surface area (Å²) in [6, 6.07) is -1.42. The average Bonchev–Trinajstić information content (AvgIpc) is 2.58. The van der Waals surface area contributed by atoms with Crippen molar-refractivity contribution in [2.75, 3.05) is 0 Å². The lowest BCUT2D eigenvalue weighted by Gasteiger charge is -2.12. The van der Waals surface area contributed by atoms with Crippen molar-refractivity contribution in [3.8, 4) is 0 Å². The Morgan fingerprint density at radius 1 is 1.33 bits per heavy atom. The lowest BCUT2D eigenvalue weighted by Crippen LogP contribution is -2.42. The van der Waals surface area contributed by atoms with Crippen molar-refractivity contribution in [1.82, 2.24) is 5.32 Å². The molecule has 0 aliphatic carbocycles. The smallest absolute Gasteiger partial charge is 0.326 e. The Morgan fingerprint density at radius 2 is 1.94 bits per heavy atom. The van der Waals surface area contributed by atoms with Gasteiger partial charge < -0.3 is 15.5 Å². The third kappa shape index (κ3) is 3.30. The van der Waals surface area contributed by atoms with E-state index < -0.39 is 30.3 Å². The van der Waals surface area contributed by atoms with Gasteiger partial charge in [0.1, 0.15) is 6.04 Å². The van der Waals surface area contributed by atoms with Crippen LogP contribution in [0, 0.1) is 13.8 Å². The lowest BCUT2D eigenvalue weighted by molar-refractivity contribution is -0.145. The number of carboxylic acids is 2. The number of carbonyl (C=O) groups is 3.